The Hall–Kier alpha value is -2.48. The Kier molecular flexibility index (Phi) is 6.45. The highest BCUT2D eigenvalue weighted by Crippen LogP contribution is 2.32. The summed E-state index contributed by atoms with van der Waals surface area (Å²) in [4.78, 5) is 11.3. The van der Waals surface area contributed by atoms with E-state index < -0.39 is 6.36 Å². The van der Waals surface area contributed by atoms with E-state index in [0.717, 1.165) is 37.7 Å². The first kappa shape index (κ1) is 22.2. The lowest BCUT2D eigenvalue weighted by atomic mass is 10.0. The molecular weight excluding hydrogens is 393 g/mol. The number of rotatable bonds is 7. The van der Waals surface area contributed by atoms with E-state index in [-0.39, 0.29) is 11.3 Å². The van der Waals surface area contributed by atoms with Crippen LogP contribution in [0.15, 0.2) is 42.6 Å². The molecule has 5 nitrogen and oxygen atoms in total. The van der Waals surface area contributed by atoms with E-state index in [1.807, 2.05) is 12.3 Å². The SMILES string of the molecule is CCN(CC)c1cc(CN2CN(c3ccc(OC(F)(F)F)cc3)CC2(C)C)ccn1. The fourth-order valence-electron chi connectivity index (χ4n) is 3.81. The van der Waals surface area contributed by atoms with Gasteiger partial charge < -0.3 is 14.5 Å². The molecule has 164 valence electrons. The van der Waals surface area contributed by atoms with E-state index in [0.29, 0.717) is 6.67 Å². The maximum atomic E-state index is 12.4. The molecule has 8 heteroatoms. The van der Waals surface area contributed by atoms with E-state index in [1.54, 1.807) is 12.1 Å². The molecule has 1 aliphatic rings. The fourth-order valence-corrected chi connectivity index (χ4v) is 3.81. The Morgan fingerprint density at radius 3 is 2.37 bits per heavy atom. The number of hydrogen-bond donors (Lipinski definition) is 0. The smallest absolute Gasteiger partial charge is 0.406 e. The highest BCUT2D eigenvalue weighted by molar-refractivity contribution is 5.50. The minimum atomic E-state index is -4.68. The molecule has 2 aromatic rings. The van der Waals surface area contributed by atoms with E-state index in [4.69, 9.17) is 0 Å². The molecule has 0 saturated carbocycles. The summed E-state index contributed by atoms with van der Waals surface area (Å²) in [7, 11) is 0. The van der Waals surface area contributed by atoms with Crippen LogP contribution in [0.1, 0.15) is 33.3 Å². The number of ether oxygens (including phenoxy) is 1. The highest BCUT2D eigenvalue weighted by atomic mass is 19.4. The zero-order valence-corrected chi connectivity index (χ0v) is 17.9. The van der Waals surface area contributed by atoms with Crippen LogP contribution < -0.4 is 14.5 Å². The quantitative estimate of drug-likeness (QED) is 0.635. The van der Waals surface area contributed by atoms with Crippen molar-refractivity contribution in [2.24, 2.45) is 0 Å². The second-order valence-corrected chi connectivity index (χ2v) is 8.09. The van der Waals surface area contributed by atoms with Gasteiger partial charge >= 0.3 is 6.36 Å². The monoisotopic (exact) mass is 422 g/mol. The molecule has 0 N–H and O–H groups in total. The van der Waals surface area contributed by atoms with E-state index in [9.17, 15) is 13.2 Å². The summed E-state index contributed by atoms with van der Waals surface area (Å²) in [6, 6.07) is 10.2. The van der Waals surface area contributed by atoms with E-state index in [2.05, 4.69) is 58.2 Å². The largest absolute Gasteiger partial charge is 0.573 e. The van der Waals surface area contributed by atoms with Gasteiger partial charge in [0.1, 0.15) is 11.6 Å². The molecular formula is C22H29F3N4O. The summed E-state index contributed by atoms with van der Waals surface area (Å²) >= 11 is 0. The first-order valence-corrected chi connectivity index (χ1v) is 10.2. The van der Waals surface area contributed by atoms with Crippen molar-refractivity contribution in [3.8, 4) is 5.75 Å². The Morgan fingerprint density at radius 2 is 1.77 bits per heavy atom. The number of anilines is 2. The van der Waals surface area contributed by atoms with Crippen LogP contribution in [0.2, 0.25) is 0 Å². The standard InChI is InChI=1S/C22H29F3N4O/c1-5-27(6-2)20-13-17(11-12-26-20)14-29-16-28(15-21(29,3)4)18-7-9-19(10-8-18)30-22(23,24)25/h7-13H,5-6,14-16H2,1-4H3. The van der Waals surface area contributed by atoms with E-state index >= 15 is 0 Å². The number of hydrogen-bond acceptors (Lipinski definition) is 5. The van der Waals surface area contributed by atoms with Crippen molar-refractivity contribution in [3.63, 3.8) is 0 Å². The topological polar surface area (TPSA) is 31.8 Å². The molecule has 0 aliphatic carbocycles. The first-order chi connectivity index (χ1) is 14.1. The Labute approximate surface area is 176 Å². The Morgan fingerprint density at radius 1 is 1.10 bits per heavy atom. The number of aromatic nitrogens is 1. The lowest BCUT2D eigenvalue weighted by Crippen LogP contribution is -2.39. The first-order valence-electron chi connectivity index (χ1n) is 10.2. The van der Waals surface area contributed by atoms with Gasteiger partial charge in [0.25, 0.3) is 0 Å². The molecule has 0 amide bonds. The predicted octanol–water partition coefficient (Wildman–Crippen LogP) is 4.88. The number of nitrogens with zero attached hydrogens (tertiary/aromatic N) is 4. The minimum absolute atomic E-state index is 0.0836. The van der Waals surface area contributed by atoms with Crippen LogP contribution >= 0.6 is 0 Å². The van der Waals surface area contributed by atoms with Crippen LogP contribution in [-0.4, -0.2) is 48.1 Å². The third-order valence-corrected chi connectivity index (χ3v) is 5.48. The number of alkyl halides is 3. The molecule has 2 heterocycles. The van der Waals surface area contributed by atoms with Crippen molar-refractivity contribution in [1.82, 2.24) is 9.88 Å². The van der Waals surface area contributed by atoms with Gasteiger partial charge in [-0.15, -0.1) is 13.2 Å². The van der Waals surface area contributed by atoms with Crippen LogP contribution in [0.25, 0.3) is 0 Å². The van der Waals surface area contributed by atoms with Crippen molar-refractivity contribution in [1.29, 1.82) is 0 Å². The van der Waals surface area contributed by atoms with Crippen molar-refractivity contribution in [2.75, 3.05) is 36.1 Å². The van der Waals surface area contributed by atoms with Gasteiger partial charge in [-0.05, 0) is 69.7 Å². The summed E-state index contributed by atoms with van der Waals surface area (Å²) in [5.74, 6) is 0.772. The molecule has 1 saturated heterocycles. The molecule has 1 aromatic heterocycles. The van der Waals surface area contributed by atoms with Crippen LogP contribution in [0.3, 0.4) is 0 Å². The van der Waals surface area contributed by atoms with Crippen LogP contribution in [0.5, 0.6) is 5.75 Å². The molecule has 1 aliphatic heterocycles. The zero-order chi connectivity index (χ0) is 21.9. The average molecular weight is 422 g/mol. The minimum Gasteiger partial charge on any atom is -0.406 e. The maximum Gasteiger partial charge on any atom is 0.573 e. The van der Waals surface area contributed by atoms with Crippen molar-refractivity contribution in [3.05, 3.63) is 48.2 Å². The number of pyridine rings is 1. The molecule has 0 radical (unpaired) electrons. The van der Waals surface area contributed by atoms with E-state index in [1.165, 1.54) is 17.7 Å². The van der Waals surface area contributed by atoms with Gasteiger partial charge in [0.15, 0.2) is 0 Å². The Bertz CT molecular complexity index is 835. The normalized spacial score (nSPS) is 16.7. The second-order valence-electron chi connectivity index (χ2n) is 8.09. The van der Waals surface area contributed by atoms with Gasteiger partial charge in [-0.2, -0.15) is 0 Å². The lowest BCUT2D eigenvalue weighted by molar-refractivity contribution is -0.274. The molecule has 30 heavy (non-hydrogen) atoms. The maximum absolute atomic E-state index is 12.4. The fraction of sp³-hybridized carbons (Fsp3) is 0.500. The molecule has 0 spiro atoms. The van der Waals surface area contributed by atoms with Gasteiger partial charge in [0.2, 0.25) is 0 Å². The lowest BCUT2D eigenvalue weighted by Gasteiger charge is -2.30. The molecule has 0 atom stereocenters. The molecule has 1 fully saturated rings. The molecule has 3 rings (SSSR count). The Balaban J connectivity index is 1.71. The predicted molar refractivity (Wildman–Crippen MR) is 113 cm³/mol. The van der Waals surface area contributed by atoms with Crippen molar-refractivity contribution >= 4 is 11.5 Å². The van der Waals surface area contributed by atoms with Gasteiger partial charge in [-0.25, -0.2) is 4.98 Å². The summed E-state index contributed by atoms with van der Waals surface area (Å²) in [6.45, 7) is 12.6. The number of benzene rings is 1. The molecule has 0 unspecified atom stereocenters. The third kappa shape index (κ3) is 5.36. The summed E-state index contributed by atoms with van der Waals surface area (Å²) in [5.41, 5.74) is 1.98. The molecule has 1 aromatic carbocycles. The van der Waals surface area contributed by atoms with Crippen LogP contribution in [0.4, 0.5) is 24.7 Å². The van der Waals surface area contributed by atoms with Crippen LogP contribution in [0, 0.1) is 0 Å². The van der Waals surface area contributed by atoms with Gasteiger partial charge in [-0.1, -0.05) is 0 Å². The third-order valence-electron chi connectivity index (χ3n) is 5.48. The van der Waals surface area contributed by atoms with Crippen molar-refractivity contribution in [2.45, 2.75) is 46.1 Å². The van der Waals surface area contributed by atoms with Crippen LogP contribution in [-0.2, 0) is 6.54 Å². The van der Waals surface area contributed by atoms with Gasteiger partial charge in [0.05, 0.1) is 6.67 Å². The van der Waals surface area contributed by atoms with Crippen molar-refractivity contribution < 1.29 is 17.9 Å². The zero-order valence-electron chi connectivity index (χ0n) is 17.9. The van der Waals surface area contributed by atoms with Gasteiger partial charge in [0, 0.05) is 43.6 Å². The summed E-state index contributed by atoms with van der Waals surface area (Å²) in [5, 5.41) is 0. The molecule has 0 bridgehead atoms. The summed E-state index contributed by atoms with van der Waals surface area (Å²) in [6.07, 6.45) is -2.83. The second kappa shape index (κ2) is 8.71. The average Bonchev–Trinajstić information content (AvgIpc) is 2.97. The number of halogens is 3. The highest BCUT2D eigenvalue weighted by Gasteiger charge is 2.37. The summed E-state index contributed by atoms with van der Waals surface area (Å²) < 4.78 is 41.1. The van der Waals surface area contributed by atoms with Gasteiger partial charge in [-0.3, -0.25) is 4.90 Å².